The normalized spacial score (nSPS) is 14.6. The lowest BCUT2D eigenvalue weighted by Gasteiger charge is -2.32. The molecule has 1 amide bonds. The zero-order chi connectivity index (χ0) is 22.4. The molecular weight excluding hydrogens is 430 g/mol. The predicted octanol–water partition coefficient (Wildman–Crippen LogP) is 3.98. The number of aromatic nitrogens is 2. The van der Waals surface area contributed by atoms with Crippen molar-refractivity contribution >= 4 is 23.2 Å². The summed E-state index contributed by atoms with van der Waals surface area (Å²) in [5.41, 5.74) is 8.38. The van der Waals surface area contributed by atoms with Crippen LogP contribution in [0.3, 0.4) is 0 Å². The first kappa shape index (κ1) is 22.8. The second-order valence-corrected chi connectivity index (χ2v) is 7.56. The minimum atomic E-state index is -3.03. The van der Waals surface area contributed by atoms with Gasteiger partial charge in [0.05, 0.1) is 11.8 Å². The Kier molecular flexibility index (Phi) is 7.65. The molecule has 8 nitrogen and oxygen atoms in total. The van der Waals surface area contributed by atoms with Gasteiger partial charge in [0.25, 0.3) is 0 Å². The fraction of sp³-hybridized carbons (Fsp3) is 0.450. The first-order valence-corrected chi connectivity index (χ1v) is 10.2. The van der Waals surface area contributed by atoms with Crippen LogP contribution in [-0.2, 0) is 11.3 Å². The summed E-state index contributed by atoms with van der Waals surface area (Å²) in [5, 5.41) is 16.4. The van der Waals surface area contributed by atoms with E-state index in [4.69, 9.17) is 22.6 Å². The van der Waals surface area contributed by atoms with Gasteiger partial charge in [-0.2, -0.15) is 19.1 Å². The molecule has 0 aliphatic carbocycles. The van der Waals surface area contributed by atoms with Crippen molar-refractivity contribution in [3.63, 3.8) is 0 Å². The van der Waals surface area contributed by atoms with Gasteiger partial charge in [-0.25, -0.2) is 0 Å². The highest BCUT2D eigenvalue weighted by Gasteiger charge is 2.23. The topological polar surface area (TPSA) is 107 Å². The number of carbonyl (C=O) groups excluding carboxylic acids is 1. The van der Waals surface area contributed by atoms with E-state index in [-0.39, 0.29) is 46.2 Å². The van der Waals surface area contributed by atoms with Crippen LogP contribution in [0.4, 0.5) is 14.5 Å². The van der Waals surface area contributed by atoms with Crippen LogP contribution in [0.2, 0.25) is 5.02 Å². The number of nitrogens with one attached hydrogen (secondary N) is 2. The molecule has 1 aliphatic rings. The van der Waals surface area contributed by atoms with Crippen LogP contribution in [0.25, 0.3) is 17.0 Å². The van der Waals surface area contributed by atoms with Gasteiger partial charge in [0.15, 0.2) is 0 Å². The number of alkyl halides is 2. The van der Waals surface area contributed by atoms with E-state index in [1.165, 1.54) is 29.1 Å². The van der Waals surface area contributed by atoms with Crippen molar-refractivity contribution in [3.05, 3.63) is 35.2 Å². The molecule has 1 fully saturated rings. The lowest BCUT2D eigenvalue weighted by atomic mass is 10.0. The van der Waals surface area contributed by atoms with Gasteiger partial charge in [-0.05, 0) is 31.0 Å². The monoisotopic (exact) mass is 451 g/mol. The number of rotatable bonds is 8. The van der Waals surface area contributed by atoms with Crippen LogP contribution in [0.1, 0.15) is 19.3 Å². The third kappa shape index (κ3) is 6.06. The van der Waals surface area contributed by atoms with E-state index in [0.717, 1.165) is 12.8 Å². The molecule has 3 rings (SSSR count). The summed E-state index contributed by atoms with van der Waals surface area (Å²) < 4.78 is 31.3. The lowest BCUT2D eigenvalue weighted by molar-refractivity contribution is -0.133. The second-order valence-electron chi connectivity index (χ2n) is 7.13. The van der Waals surface area contributed by atoms with Crippen LogP contribution in [-0.4, -0.2) is 52.9 Å². The second kappa shape index (κ2) is 10.4. The van der Waals surface area contributed by atoms with E-state index >= 15 is 0 Å². The summed E-state index contributed by atoms with van der Waals surface area (Å²) in [4.78, 5) is 14.4. The van der Waals surface area contributed by atoms with E-state index in [1.807, 2.05) is 0 Å². The van der Waals surface area contributed by atoms with Crippen molar-refractivity contribution in [2.75, 3.05) is 19.6 Å². The van der Waals surface area contributed by atoms with Gasteiger partial charge in [0.1, 0.15) is 12.3 Å². The largest absolute Gasteiger partial charge is 0.696 e. The van der Waals surface area contributed by atoms with E-state index in [0.29, 0.717) is 26.1 Å². The van der Waals surface area contributed by atoms with Crippen LogP contribution in [0.5, 0.6) is 5.75 Å². The summed E-state index contributed by atoms with van der Waals surface area (Å²) in [6.45, 7) is -1.28. The molecule has 0 saturated carbocycles. The number of hydrogen-bond acceptors (Lipinski definition) is 5. The fourth-order valence-corrected chi connectivity index (χ4v) is 3.66. The van der Waals surface area contributed by atoms with Gasteiger partial charge >= 0.3 is 6.61 Å². The Balaban J connectivity index is 1.65. The summed E-state index contributed by atoms with van der Waals surface area (Å²) in [5.74, 6) is -0.282. The number of likely N-dealkylation sites (tertiary alicyclic amines) is 1. The average Bonchev–Trinajstić information content (AvgIpc) is 3.09. The number of amides is 1. The SMILES string of the molecule is N#CCCNC1CCN(C(=O)Cn2cc([NH-])c(-c3cc(Cl)ccc3OC(F)F)n2)CC1. The molecule has 0 radical (unpaired) electrons. The Morgan fingerprint density at radius 3 is 2.84 bits per heavy atom. The Morgan fingerprint density at radius 2 is 2.16 bits per heavy atom. The van der Waals surface area contributed by atoms with Gasteiger partial charge < -0.3 is 20.7 Å². The molecule has 11 heteroatoms. The number of carbonyl (C=O) groups is 1. The Bertz CT molecular complexity index is 954. The molecule has 0 bridgehead atoms. The number of benzene rings is 1. The van der Waals surface area contributed by atoms with Gasteiger partial charge in [-0.15, -0.1) is 0 Å². The van der Waals surface area contributed by atoms with Crippen LogP contribution in [0, 0.1) is 11.3 Å². The molecule has 1 aromatic heterocycles. The fourth-order valence-electron chi connectivity index (χ4n) is 3.49. The van der Waals surface area contributed by atoms with Crippen LogP contribution >= 0.6 is 11.6 Å². The van der Waals surface area contributed by atoms with Crippen molar-refractivity contribution in [2.24, 2.45) is 0 Å². The molecule has 1 aromatic carbocycles. The van der Waals surface area contributed by atoms with E-state index in [9.17, 15) is 13.6 Å². The zero-order valence-electron chi connectivity index (χ0n) is 16.7. The average molecular weight is 452 g/mol. The Labute approximate surface area is 183 Å². The number of halogens is 3. The summed E-state index contributed by atoms with van der Waals surface area (Å²) in [6.07, 6.45) is 3.41. The molecule has 2 heterocycles. The van der Waals surface area contributed by atoms with Gasteiger partial charge in [0, 0.05) is 48.9 Å². The van der Waals surface area contributed by atoms with Gasteiger partial charge in [-0.3, -0.25) is 9.48 Å². The first-order valence-electron chi connectivity index (χ1n) is 9.79. The molecule has 1 aliphatic heterocycles. The standard InChI is InChI=1S/C20H22ClF2N6O2/c21-13-2-3-17(31-20(22)23)15(10-13)19-16(25)11-29(27-19)12-18(30)28-8-4-14(5-9-28)26-7-1-6-24/h2-3,10-11,14,20,25-26H,1,4-5,7-9,12H2/q-1. The number of nitriles is 1. The van der Waals surface area contributed by atoms with E-state index in [1.54, 1.807) is 4.90 Å². The van der Waals surface area contributed by atoms with Gasteiger partial charge in [0.2, 0.25) is 5.91 Å². The minimum absolute atomic E-state index is 0.0328. The zero-order valence-corrected chi connectivity index (χ0v) is 17.4. The molecule has 166 valence electrons. The van der Waals surface area contributed by atoms with E-state index < -0.39 is 6.61 Å². The van der Waals surface area contributed by atoms with Crippen molar-refractivity contribution < 1.29 is 18.3 Å². The molecule has 0 spiro atoms. The third-order valence-electron chi connectivity index (χ3n) is 4.99. The molecular formula is C20H22ClF2N6O2-. The first-order chi connectivity index (χ1) is 14.9. The number of piperidine rings is 1. The molecule has 2 N–H and O–H groups in total. The summed E-state index contributed by atoms with van der Waals surface area (Å²) in [6, 6.07) is 6.47. The highest BCUT2D eigenvalue weighted by molar-refractivity contribution is 6.31. The van der Waals surface area contributed by atoms with Crippen molar-refractivity contribution in [3.8, 4) is 23.1 Å². The minimum Gasteiger partial charge on any atom is -0.696 e. The quantitative estimate of drug-likeness (QED) is 0.611. The van der Waals surface area contributed by atoms with Gasteiger partial charge in [-0.1, -0.05) is 17.3 Å². The third-order valence-corrected chi connectivity index (χ3v) is 5.22. The lowest BCUT2D eigenvalue weighted by Crippen LogP contribution is -2.46. The maximum atomic E-state index is 12.7. The molecule has 0 unspecified atom stereocenters. The maximum Gasteiger partial charge on any atom is 0.387 e. The van der Waals surface area contributed by atoms with Crippen molar-refractivity contribution in [1.82, 2.24) is 20.0 Å². The number of ether oxygens (including phenoxy) is 1. The highest BCUT2D eigenvalue weighted by Crippen LogP contribution is 2.37. The molecule has 0 atom stereocenters. The molecule has 2 aromatic rings. The molecule has 31 heavy (non-hydrogen) atoms. The smallest absolute Gasteiger partial charge is 0.387 e. The van der Waals surface area contributed by atoms with Crippen LogP contribution in [0.15, 0.2) is 24.4 Å². The maximum absolute atomic E-state index is 12.7. The van der Waals surface area contributed by atoms with Crippen LogP contribution < -0.4 is 10.1 Å². The Morgan fingerprint density at radius 1 is 1.42 bits per heavy atom. The number of nitrogens with zero attached hydrogens (tertiary/aromatic N) is 4. The van der Waals surface area contributed by atoms with E-state index in [2.05, 4.69) is 21.2 Å². The summed E-state index contributed by atoms with van der Waals surface area (Å²) >= 11 is 5.98. The predicted molar refractivity (Wildman–Crippen MR) is 111 cm³/mol. The summed E-state index contributed by atoms with van der Waals surface area (Å²) in [7, 11) is 0. The Hall–Kier alpha value is -2.90. The number of hydrogen-bond donors (Lipinski definition) is 1. The van der Waals surface area contributed by atoms with Crippen molar-refractivity contribution in [2.45, 2.75) is 38.5 Å². The molecule has 1 saturated heterocycles. The van der Waals surface area contributed by atoms with Crippen molar-refractivity contribution in [1.29, 1.82) is 5.26 Å². The highest BCUT2D eigenvalue weighted by atomic mass is 35.5.